The minimum Gasteiger partial charge on any atom is -0.748 e. The fraction of sp³-hybridized carbons (Fsp3) is 1.00. The van der Waals surface area contributed by atoms with Gasteiger partial charge in [-0.15, -0.1) is 0 Å². The van der Waals surface area contributed by atoms with Crippen molar-refractivity contribution in [2.45, 2.75) is 46.1 Å². The molecule has 2 N–H and O–H groups in total. The predicted octanol–water partition coefficient (Wildman–Crippen LogP) is -3.89. The minimum absolute atomic E-state index is 0. The number of hydrogen-bond acceptors (Lipinski definition) is 10. The van der Waals surface area contributed by atoms with Crippen LogP contribution in [0, 0.1) is 0 Å². The number of nitrogens with one attached hydrogen (secondary N) is 1. The van der Waals surface area contributed by atoms with Gasteiger partial charge < -0.3 is 9.66 Å². The summed E-state index contributed by atoms with van der Waals surface area (Å²) in [7, 11) is -14.0. The van der Waals surface area contributed by atoms with Crippen LogP contribution in [-0.4, -0.2) is 91.5 Å². The van der Waals surface area contributed by atoms with Crippen molar-refractivity contribution < 1.29 is 62.2 Å². The van der Waals surface area contributed by atoms with Crippen molar-refractivity contribution in [3.63, 3.8) is 0 Å². The first kappa shape index (κ1) is 37.6. The molecule has 0 aliphatic carbocycles. The third kappa shape index (κ3) is 38.8. The molecule has 0 heterocycles. The summed E-state index contributed by atoms with van der Waals surface area (Å²) in [6, 6.07) is -0.548. The van der Waals surface area contributed by atoms with Gasteiger partial charge in [0.1, 0.15) is 19.7 Å². The van der Waals surface area contributed by atoms with E-state index in [1.807, 2.05) is 0 Å². The summed E-state index contributed by atoms with van der Waals surface area (Å²) in [6.07, 6.45) is 3.24. The fourth-order valence-corrected chi connectivity index (χ4v) is 4.94. The van der Waals surface area contributed by atoms with E-state index >= 15 is 0 Å². The van der Waals surface area contributed by atoms with Crippen molar-refractivity contribution in [2.24, 2.45) is 0 Å². The molecule has 0 amide bonds. The van der Waals surface area contributed by atoms with Crippen molar-refractivity contribution >= 4 is 39.8 Å². The van der Waals surface area contributed by atoms with Gasteiger partial charge in [0.15, 0.2) is 0 Å². The Hall–Kier alpha value is 0.277. The van der Waals surface area contributed by atoms with Crippen LogP contribution < -0.4 is 23.6 Å². The van der Waals surface area contributed by atoms with Gasteiger partial charge in [0, 0.05) is 24.3 Å². The van der Waals surface area contributed by atoms with E-state index < -0.39 is 51.6 Å². The monoisotopic (exact) mass is 511 g/mol. The van der Waals surface area contributed by atoms with E-state index in [0.717, 1.165) is 12.5 Å². The molecular formula is C14H34LiNO10S4. The van der Waals surface area contributed by atoms with Crippen LogP contribution in [-0.2, 0) is 39.8 Å². The SMILES string of the molecule is CC(CO)NS(=O)(=O)CCCS(C)(=O)=O.CCC.CS(=O)(=O)CCCS(=O)(=O)[O-].[Li+]. The Balaban J connectivity index is -0.000000199. The summed E-state index contributed by atoms with van der Waals surface area (Å²) in [5, 5.41) is 8.63. The van der Waals surface area contributed by atoms with Crippen LogP contribution in [0.5, 0.6) is 0 Å². The van der Waals surface area contributed by atoms with E-state index in [1.165, 1.54) is 13.3 Å². The average Bonchev–Trinajstić information content (AvgIpc) is 2.43. The van der Waals surface area contributed by atoms with Crippen LogP contribution in [0.3, 0.4) is 0 Å². The van der Waals surface area contributed by atoms with Crippen LogP contribution in [0.25, 0.3) is 0 Å². The van der Waals surface area contributed by atoms with Gasteiger partial charge in [0.25, 0.3) is 0 Å². The zero-order chi connectivity index (χ0) is 23.9. The van der Waals surface area contributed by atoms with Crippen molar-refractivity contribution in [1.82, 2.24) is 4.72 Å². The van der Waals surface area contributed by atoms with Gasteiger partial charge in [-0.2, -0.15) is 0 Å². The Morgan fingerprint density at radius 3 is 1.40 bits per heavy atom. The summed E-state index contributed by atoms with van der Waals surface area (Å²) in [4.78, 5) is 0. The van der Waals surface area contributed by atoms with Crippen LogP contribution in [0.2, 0.25) is 0 Å². The molecule has 0 saturated carbocycles. The summed E-state index contributed by atoms with van der Waals surface area (Å²) in [5.74, 6) is -1.26. The summed E-state index contributed by atoms with van der Waals surface area (Å²) in [6.45, 7) is 5.49. The minimum atomic E-state index is -4.26. The second kappa shape index (κ2) is 17.8. The summed E-state index contributed by atoms with van der Waals surface area (Å²) < 4.78 is 97.0. The van der Waals surface area contributed by atoms with Gasteiger partial charge >= 0.3 is 18.9 Å². The molecule has 1 atom stereocenters. The molecule has 11 nitrogen and oxygen atoms in total. The predicted molar refractivity (Wildman–Crippen MR) is 113 cm³/mol. The van der Waals surface area contributed by atoms with Crippen molar-refractivity contribution in [1.29, 1.82) is 0 Å². The molecule has 0 aromatic heterocycles. The van der Waals surface area contributed by atoms with E-state index in [0.29, 0.717) is 0 Å². The van der Waals surface area contributed by atoms with E-state index in [2.05, 4.69) is 18.6 Å². The molecule has 0 aromatic rings. The Morgan fingerprint density at radius 1 is 0.800 bits per heavy atom. The smallest absolute Gasteiger partial charge is 0.748 e. The third-order valence-corrected chi connectivity index (χ3v) is 6.93. The molecule has 0 aliphatic heterocycles. The average molecular weight is 512 g/mol. The molecule has 0 bridgehead atoms. The van der Waals surface area contributed by atoms with Gasteiger partial charge in [-0.3, -0.25) is 0 Å². The fourth-order valence-electron chi connectivity index (χ4n) is 1.41. The molecule has 16 heteroatoms. The largest absolute Gasteiger partial charge is 1.00 e. The quantitative estimate of drug-likeness (QED) is 0.205. The maximum absolute atomic E-state index is 11.3. The molecule has 30 heavy (non-hydrogen) atoms. The van der Waals surface area contributed by atoms with Gasteiger partial charge in [0.2, 0.25) is 10.0 Å². The number of sulfone groups is 2. The molecule has 0 rings (SSSR count). The van der Waals surface area contributed by atoms with Crippen molar-refractivity contribution in [3.8, 4) is 0 Å². The van der Waals surface area contributed by atoms with Gasteiger partial charge in [-0.1, -0.05) is 20.3 Å². The van der Waals surface area contributed by atoms with Gasteiger partial charge in [-0.25, -0.2) is 38.4 Å². The number of hydrogen-bond donors (Lipinski definition) is 2. The Morgan fingerprint density at radius 2 is 1.13 bits per heavy atom. The van der Waals surface area contributed by atoms with E-state index in [-0.39, 0.29) is 55.6 Å². The first-order valence-corrected chi connectivity index (χ1v) is 16.0. The van der Waals surface area contributed by atoms with Gasteiger partial charge in [0.05, 0.1) is 34.0 Å². The van der Waals surface area contributed by atoms with E-state index in [9.17, 15) is 38.2 Å². The molecule has 0 spiro atoms. The number of rotatable bonds is 11. The van der Waals surface area contributed by atoms with Crippen molar-refractivity contribution in [2.75, 3.05) is 42.1 Å². The standard InChI is InChI=1S/C7H17NO5S2.C4H10O5S2.C3H8.Li/c1-7(6-9)8-15(12,13)5-3-4-14(2,10)11;1-10(5,6)3-2-4-11(7,8)9;1-3-2;/h7-9H,3-6H2,1-2H3;2-4H2,1H3,(H,7,8,9);3H2,1-2H3;/q;;;+1/p-1. The van der Waals surface area contributed by atoms with Crippen molar-refractivity contribution in [3.05, 3.63) is 0 Å². The van der Waals surface area contributed by atoms with Crippen LogP contribution in [0.1, 0.15) is 40.0 Å². The first-order valence-electron chi connectivity index (χ1n) is 8.68. The third-order valence-electron chi connectivity index (χ3n) is 2.49. The first-order chi connectivity index (χ1) is 12.8. The summed E-state index contributed by atoms with van der Waals surface area (Å²) in [5.41, 5.74) is 0. The van der Waals surface area contributed by atoms with Gasteiger partial charge in [-0.05, 0) is 19.8 Å². The zero-order valence-corrected chi connectivity index (χ0v) is 21.8. The molecule has 0 radical (unpaired) electrons. The maximum Gasteiger partial charge on any atom is 1.00 e. The van der Waals surface area contributed by atoms with E-state index in [1.54, 1.807) is 0 Å². The molecule has 0 fully saturated rings. The number of sulfonamides is 1. The Kier molecular flexibility index (Phi) is 22.3. The topological polar surface area (TPSA) is 192 Å². The second-order valence-corrected chi connectivity index (χ2v) is 14.4. The molecule has 1 unspecified atom stereocenters. The van der Waals surface area contributed by atoms with Crippen LogP contribution >= 0.6 is 0 Å². The summed E-state index contributed by atoms with van der Waals surface area (Å²) >= 11 is 0. The zero-order valence-electron chi connectivity index (χ0n) is 18.5. The molecule has 0 aromatic carbocycles. The van der Waals surface area contributed by atoms with Crippen LogP contribution in [0.15, 0.2) is 0 Å². The Bertz CT molecular complexity index is 805. The molecular weight excluding hydrogens is 477 g/mol. The number of aliphatic hydroxyl groups is 1. The van der Waals surface area contributed by atoms with Crippen LogP contribution in [0.4, 0.5) is 0 Å². The maximum atomic E-state index is 11.3. The number of aliphatic hydroxyl groups excluding tert-OH is 1. The van der Waals surface area contributed by atoms with E-state index in [4.69, 9.17) is 5.11 Å². The normalized spacial score (nSPS) is 13.0. The molecule has 0 saturated heterocycles. The second-order valence-electron chi connectivity index (χ2n) is 6.46. The molecule has 0 aliphatic rings. The Labute approximate surface area is 194 Å². The molecule has 180 valence electrons.